The Hall–Kier alpha value is -2.10. The minimum atomic E-state index is -0.0942. The zero-order valence-corrected chi connectivity index (χ0v) is 9.15. The molecule has 1 heterocycles. The van der Waals surface area contributed by atoms with Gasteiger partial charge in [0.15, 0.2) is 6.29 Å². The average molecular weight is 216 g/mol. The van der Waals surface area contributed by atoms with Gasteiger partial charge in [-0.3, -0.25) is 9.59 Å². The van der Waals surface area contributed by atoms with Crippen molar-refractivity contribution >= 4 is 22.7 Å². The highest BCUT2D eigenvalue weighted by atomic mass is 16.1. The summed E-state index contributed by atoms with van der Waals surface area (Å²) in [5, 5.41) is 4.23. The minimum Gasteiger partial charge on any atom is -0.388 e. The number of fused-ring (bicyclic) bond motifs is 1. The minimum absolute atomic E-state index is 0.0942. The summed E-state index contributed by atoms with van der Waals surface area (Å²) < 4.78 is 1.42. The number of nitrogens with zero attached hydrogens (tertiary/aromatic N) is 1. The van der Waals surface area contributed by atoms with Crippen LogP contribution >= 0.6 is 0 Å². The van der Waals surface area contributed by atoms with Gasteiger partial charge in [-0.25, -0.2) is 0 Å². The zero-order valence-electron chi connectivity index (χ0n) is 9.15. The maximum absolute atomic E-state index is 11.8. The maximum Gasteiger partial charge on any atom is 0.258 e. The van der Waals surface area contributed by atoms with E-state index in [9.17, 15) is 9.59 Å². The van der Waals surface area contributed by atoms with Gasteiger partial charge in [-0.2, -0.15) is 0 Å². The van der Waals surface area contributed by atoms with Crippen LogP contribution in [-0.4, -0.2) is 17.9 Å². The Kier molecular flexibility index (Phi) is 2.48. The van der Waals surface area contributed by atoms with Crippen LogP contribution in [0.1, 0.15) is 10.4 Å². The van der Waals surface area contributed by atoms with E-state index in [-0.39, 0.29) is 5.56 Å². The number of anilines is 1. The molecule has 0 spiro atoms. The van der Waals surface area contributed by atoms with E-state index < -0.39 is 0 Å². The Morgan fingerprint density at radius 3 is 2.69 bits per heavy atom. The molecule has 0 bridgehead atoms. The summed E-state index contributed by atoms with van der Waals surface area (Å²) in [6, 6.07) is 5.36. The SMILES string of the molecule is CNc1ccc2c(=O)n(C)cc(C=O)c2c1. The van der Waals surface area contributed by atoms with E-state index in [1.807, 2.05) is 6.07 Å². The molecule has 0 saturated heterocycles. The highest BCUT2D eigenvalue weighted by molar-refractivity contribution is 5.98. The van der Waals surface area contributed by atoms with Crippen LogP contribution in [0.15, 0.2) is 29.2 Å². The smallest absolute Gasteiger partial charge is 0.258 e. The molecule has 2 rings (SSSR count). The van der Waals surface area contributed by atoms with Crippen LogP contribution in [0.2, 0.25) is 0 Å². The summed E-state index contributed by atoms with van der Waals surface area (Å²) in [5.41, 5.74) is 1.31. The number of aldehydes is 1. The average Bonchev–Trinajstić information content (AvgIpc) is 2.33. The van der Waals surface area contributed by atoms with E-state index in [0.717, 1.165) is 12.0 Å². The zero-order chi connectivity index (χ0) is 11.7. The molecule has 4 nitrogen and oxygen atoms in total. The molecule has 0 aliphatic carbocycles. The summed E-state index contributed by atoms with van der Waals surface area (Å²) in [4.78, 5) is 22.8. The van der Waals surface area contributed by atoms with E-state index in [4.69, 9.17) is 0 Å². The number of rotatable bonds is 2. The maximum atomic E-state index is 11.8. The van der Waals surface area contributed by atoms with Gasteiger partial charge in [0.05, 0.1) is 0 Å². The summed E-state index contributed by atoms with van der Waals surface area (Å²) >= 11 is 0. The van der Waals surface area contributed by atoms with Crippen molar-refractivity contribution in [1.82, 2.24) is 4.57 Å². The van der Waals surface area contributed by atoms with Crippen molar-refractivity contribution in [3.05, 3.63) is 40.3 Å². The highest BCUT2D eigenvalue weighted by Crippen LogP contribution is 2.18. The second-order valence-electron chi connectivity index (χ2n) is 3.63. The van der Waals surface area contributed by atoms with Crippen molar-refractivity contribution in [1.29, 1.82) is 0 Å². The Balaban J connectivity index is 2.93. The van der Waals surface area contributed by atoms with Gasteiger partial charge in [-0.15, -0.1) is 0 Å². The Bertz CT molecular complexity index is 614. The van der Waals surface area contributed by atoms with Crippen molar-refractivity contribution < 1.29 is 4.79 Å². The fourth-order valence-electron chi connectivity index (χ4n) is 1.75. The van der Waals surface area contributed by atoms with Gasteiger partial charge in [0.25, 0.3) is 5.56 Å². The number of carbonyl (C=O) groups excluding carboxylic acids is 1. The molecular weight excluding hydrogens is 204 g/mol. The summed E-state index contributed by atoms with van der Waals surface area (Å²) in [6.45, 7) is 0. The normalized spacial score (nSPS) is 10.4. The first-order chi connectivity index (χ1) is 7.67. The van der Waals surface area contributed by atoms with Gasteiger partial charge in [0.2, 0.25) is 0 Å². The van der Waals surface area contributed by atoms with Crippen LogP contribution in [0.25, 0.3) is 10.8 Å². The van der Waals surface area contributed by atoms with E-state index >= 15 is 0 Å². The molecular formula is C12H12N2O2. The summed E-state index contributed by atoms with van der Waals surface area (Å²) in [5.74, 6) is 0. The van der Waals surface area contributed by atoms with Gasteiger partial charge in [-0.1, -0.05) is 0 Å². The molecule has 0 amide bonds. The van der Waals surface area contributed by atoms with Gasteiger partial charge < -0.3 is 9.88 Å². The summed E-state index contributed by atoms with van der Waals surface area (Å²) in [6.07, 6.45) is 2.32. The number of aromatic nitrogens is 1. The van der Waals surface area contributed by atoms with Crippen LogP contribution in [0, 0.1) is 0 Å². The standard InChI is InChI=1S/C12H12N2O2/c1-13-9-3-4-10-11(5-9)8(7-15)6-14(2)12(10)16/h3-7,13H,1-2H3. The lowest BCUT2D eigenvalue weighted by Crippen LogP contribution is -2.17. The van der Waals surface area contributed by atoms with Crippen molar-refractivity contribution in [2.75, 3.05) is 12.4 Å². The van der Waals surface area contributed by atoms with Crippen LogP contribution in [0.5, 0.6) is 0 Å². The second-order valence-corrected chi connectivity index (χ2v) is 3.63. The first-order valence-corrected chi connectivity index (χ1v) is 4.93. The number of hydrogen-bond donors (Lipinski definition) is 1. The molecule has 82 valence electrons. The number of nitrogens with one attached hydrogen (secondary N) is 1. The molecule has 1 aromatic heterocycles. The molecule has 0 fully saturated rings. The van der Waals surface area contributed by atoms with Gasteiger partial charge in [0.1, 0.15) is 0 Å². The lowest BCUT2D eigenvalue weighted by atomic mass is 10.1. The lowest BCUT2D eigenvalue weighted by molar-refractivity contribution is 0.112. The molecule has 0 saturated carbocycles. The Morgan fingerprint density at radius 2 is 2.06 bits per heavy atom. The van der Waals surface area contributed by atoms with Crippen LogP contribution in [0.3, 0.4) is 0 Å². The van der Waals surface area contributed by atoms with Crippen molar-refractivity contribution in [2.45, 2.75) is 0 Å². The number of aryl methyl sites for hydroxylation is 1. The fraction of sp³-hybridized carbons (Fsp3) is 0.167. The quantitative estimate of drug-likeness (QED) is 0.772. The Labute approximate surface area is 92.5 Å². The summed E-state index contributed by atoms with van der Waals surface area (Å²) in [7, 11) is 3.43. The third-order valence-corrected chi connectivity index (χ3v) is 2.63. The number of benzene rings is 1. The first kappa shape index (κ1) is 10.4. The third kappa shape index (κ3) is 1.48. The Morgan fingerprint density at radius 1 is 1.31 bits per heavy atom. The first-order valence-electron chi connectivity index (χ1n) is 4.93. The predicted molar refractivity (Wildman–Crippen MR) is 64.1 cm³/mol. The van der Waals surface area contributed by atoms with Crippen molar-refractivity contribution in [3.63, 3.8) is 0 Å². The third-order valence-electron chi connectivity index (χ3n) is 2.63. The van der Waals surface area contributed by atoms with Crippen molar-refractivity contribution in [2.24, 2.45) is 7.05 Å². The van der Waals surface area contributed by atoms with E-state index in [1.165, 1.54) is 4.57 Å². The molecule has 0 aliphatic heterocycles. The van der Waals surface area contributed by atoms with E-state index in [1.54, 1.807) is 32.4 Å². The van der Waals surface area contributed by atoms with Crippen LogP contribution in [0.4, 0.5) is 5.69 Å². The largest absolute Gasteiger partial charge is 0.388 e. The topological polar surface area (TPSA) is 51.1 Å². The second kappa shape index (κ2) is 3.81. The van der Waals surface area contributed by atoms with Crippen LogP contribution in [-0.2, 0) is 7.05 Å². The van der Waals surface area contributed by atoms with E-state index in [2.05, 4.69) is 5.32 Å². The number of pyridine rings is 1. The monoisotopic (exact) mass is 216 g/mol. The van der Waals surface area contributed by atoms with Gasteiger partial charge in [0, 0.05) is 42.3 Å². The molecule has 16 heavy (non-hydrogen) atoms. The molecule has 1 aromatic carbocycles. The predicted octanol–water partition coefficient (Wildman–Crippen LogP) is 1.39. The molecule has 0 atom stereocenters. The molecule has 1 N–H and O–H groups in total. The highest BCUT2D eigenvalue weighted by Gasteiger charge is 2.06. The number of hydrogen-bond acceptors (Lipinski definition) is 3. The number of carbonyl (C=O) groups is 1. The molecule has 2 aromatic rings. The molecule has 0 aliphatic rings. The molecule has 0 unspecified atom stereocenters. The fourth-order valence-corrected chi connectivity index (χ4v) is 1.75. The van der Waals surface area contributed by atoms with Crippen LogP contribution < -0.4 is 10.9 Å². The van der Waals surface area contributed by atoms with E-state index in [0.29, 0.717) is 16.3 Å². The molecule has 4 heteroatoms. The van der Waals surface area contributed by atoms with Gasteiger partial charge >= 0.3 is 0 Å². The lowest BCUT2D eigenvalue weighted by Gasteiger charge is -2.06. The molecule has 0 radical (unpaired) electrons. The van der Waals surface area contributed by atoms with Crippen molar-refractivity contribution in [3.8, 4) is 0 Å². The van der Waals surface area contributed by atoms with Gasteiger partial charge in [-0.05, 0) is 18.2 Å².